The lowest BCUT2D eigenvalue weighted by Gasteiger charge is -2.32. The second-order valence-corrected chi connectivity index (χ2v) is 6.76. The van der Waals surface area contributed by atoms with Crippen LogP contribution in [-0.2, 0) is 22.4 Å². The molecule has 116 valence electrons. The molecule has 0 saturated carbocycles. The highest BCUT2D eigenvalue weighted by atomic mass is 16.5. The van der Waals surface area contributed by atoms with Crippen LogP contribution < -0.4 is 5.73 Å². The average Bonchev–Trinajstić information content (AvgIpc) is 2.85. The first-order valence-electron chi connectivity index (χ1n) is 7.54. The van der Waals surface area contributed by atoms with E-state index in [1.165, 1.54) is 0 Å². The summed E-state index contributed by atoms with van der Waals surface area (Å²) in [4.78, 5) is 4.88. The highest BCUT2D eigenvalue weighted by Gasteiger charge is 2.34. The first kappa shape index (κ1) is 16.0. The molecule has 0 fully saturated rings. The monoisotopic (exact) mass is 289 g/mol. The molecule has 1 heterocycles. The number of rotatable bonds is 4. The maximum Gasteiger partial charge on any atom is 0.142 e. The molecule has 0 aliphatic rings. The molecule has 0 amide bonds. The Morgan fingerprint density at radius 1 is 1.24 bits per heavy atom. The minimum Gasteiger partial charge on any atom is -0.371 e. The first-order chi connectivity index (χ1) is 9.76. The summed E-state index contributed by atoms with van der Waals surface area (Å²) in [6.07, 6.45) is 0.868. The van der Waals surface area contributed by atoms with Crippen molar-refractivity contribution < 1.29 is 4.74 Å². The van der Waals surface area contributed by atoms with Gasteiger partial charge in [0.15, 0.2) is 0 Å². The third kappa shape index (κ3) is 2.70. The van der Waals surface area contributed by atoms with E-state index < -0.39 is 5.60 Å². The molecule has 0 aliphatic carbocycles. The third-order valence-electron chi connectivity index (χ3n) is 4.22. The SMILES string of the molecule is CCC(C)(OC)c1nc2cc(CN)ccc2n1C(C)(C)C. The molecule has 0 spiro atoms. The predicted molar refractivity (Wildman–Crippen MR) is 87.3 cm³/mol. The Labute approximate surface area is 127 Å². The van der Waals surface area contributed by atoms with Crippen LogP contribution in [-0.4, -0.2) is 16.7 Å². The van der Waals surface area contributed by atoms with Crippen molar-refractivity contribution in [3.63, 3.8) is 0 Å². The van der Waals surface area contributed by atoms with Crippen LogP contribution in [0.15, 0.2) is 18.2 Å². The quantitative estimate of drug-likeness (QED) is 0.937. The number of methoxy groups -OCH3 is 1. The van der Waals surface area contributed by atoms with Crippen LogP contribution in [0, 0.1) is 0 Å². The molecule has 4 heteroatoms. The normalized spacial score (nSPS) is 15.4. The van der Waals surface area contributed by atoms with Gasteiger partial charge in [0.1, 0.15) is 11.4 Å². The van der Waals surface area contributed by atoms with Gasteiger partial charge in [-0.25, -0.2) is 4.98 Å². The Kier molecular flexibility index (Phi) is 4.13. The van der Waals surface area contributed by atoms with E-state index in [-0.39, 0.29) is 5.54 Å². The Hall–Kier alpha value is -1.39. The lowest BCUT2D eigenvalue weighted by atomic mass is 9.99. The number of hydrogen-bond acceptors (Lipinski definition) is 3. The third-order valence-corrected chi connectivity index (χ3v) is 4.22. The van der Waals surface area contributed by atoms with Crippen molar-refractivity contribution in [2.24, 2.45) is 5.73 Å². The molecule has 0 radical (unpaired) electrons. The van der Waals surface area contributed by atoms with E-state index in [1.54, 1.807) is 7.11 Å². The molecular weight excluding hydrogens is 262 g/mol. The number of benzene rings is 1. The van der Waals surface area contributed by atoms with E-state index in [0.717, 1.165) is 28.8 Å². The summed E-state index contributed by atoms with van der Waals surface area (Å²) in [5.41, 5.74) is 8.51. The van der Waals surface area contributed by atoms with Gasteiger partial charge in [-0.05, 0) is 51.8 Å². The fourth-order valence-electron chi connectivity index (χ4n) is 2.68. The summed E-state index contributed by atoms with van der Waals surface area (Å²) in [7, 11) is 1.75. The van der Waals surface area contributed by atoms with Gasteiger partial charge in [-0.15, -0.1) is 0 Å². The number of imidazole rings is 1. The number of nitrogens with two attached hydrogens (primary N) is 1. The molecule has 1 aromatic carbocycles. The number of hydrogen-bond donors (Lipinski definition) is 1. The van der Waals surface area contributed by atoms with Crippen molar-refractivity contribution in [2.75, 3.05) is 7.11 Å². The Bertz CT molecular complexity index is 633. The van der Waals surface area contributed by atoms with E-state index in [4.69, 9.17) is 15.5 Å². The van der Waals surface area contributed by atoms with Gasteiger partial charge in [-0.2, -0.15) is 0 Å². The van der Waals surface area contributed by atoms with E-state index >= 15 is 0 Å². The maximum absolute atomic E-state index is 5.79. The molecule has 2 aromatic rings. The smallest absolute Gasteiger partial charge is 0.142 e. The average molecular weight is 289 g/mol. The molecule has 0 saturated heterocycles. The zero-order valence-corrected chi connectivity index (χ0v) is 14.0. The highest BCUT2D eigenvalue weighted by molar-refractivity contribution is 5.77. The van der Waals surface area contributed by atoms with Gasteiger partial charge in [0.2, 0.25) is 0 Å². The van der Waals surface area contributed by atoms with Crippen molar-refractivity contribution in [1.29, 1.82) is 0 Å². The maximum atomic E-state index is 5.79. The Morgan fingerprint density at radius 2 is 1.90 bits per heavy atom. The number of aromatic nitrogens is 2. The van der Waals surface area contributed by atoms with Crippen molar-refractivity contribution in [3.8, 4) is 0 Å². The van der Waals surface area contributed by atoms with Crippen LogP contribution in [0.1, 0.15) is 52.4 Å². The zero-order chi connectivity index (χ0) is 15.8. The Balaban J connectivity index is 2.80. The zero-order valence-electron chi connectivity index (χ0n) is 14.0. The molecular formula is C17H27N3O. The molecule has 1 unspecified atom stereocenters. The topological polar surface area (TPSA) is 53.1 Å². The lowest BCUT2D eigenvalue weighted by molar-refractivity contribution is -0.0139. The summed E-state index contributed by atoms with van der Waals surface area (Å²) in [6.45, 7) is 11.3. The highest BCUT2D eigenvalue weighted by Crippen LogP contribution is 2.35. The summed E-state index contributed by atoms with van der Waals surface area (Å²) < 4.78 is 8.07. The molecule has 0 bridgehead atoms. The van der Waals surface area contributed by atoms with Gasteiger partial charge in [-0.1, -0.05) is 13.0 Å². The number of ether oxygens (including phenoxy) is 1. The summed E-state index contributed by atoms with van der Waals surface area (Å²) in [6, 6.07) is 6.27. The van der Waals surface area contributed by atoms with Crippen molar-refractivity contribution in [2.45, 2.75) is 58.7 Å². The molecule has 1 aromatic heterocycles. The minimum atomic E-state index is -0.394. The summed E-state index contributed by atoms with van der Waals surface area (Å²) in [5, 5.41) is 0. The van der Waals surface area contributed by atoms with E-state index in [2.05, 4.69) is 57.4 Å². The van der Waals surface area contributed by atoms with Crippen LogP contribution in [0.5, 0.6) is 0 Å². The van der Waals surface area contributed by atoms with Gasteiger partial charge in [0.05, 0.1) is 11.0 Å². The van der Waals surface area contributed by atoms with Gasteiger partial charge in [0, 0.05) is 19.2 Å². The van der Waals surface area contributed by atoms with E-state index in [9.17, 15) is 0 Å². The largest absolute Gasteiger partial charge is 0.371 e. The number of fused-ring (bicyclic) bond motifs is 1. The van der Waals surface area contributed by atoms with Gasteiger partial charge in [0.25, 0.3) is 0 Å². The molecule has 2 N–H and O–H groups in total. The Morgan fingerprint density at radius 3 is 2.38 bits per heavy atom. The fraction of sp³-hybridized carbons (Fsp3) is 0.588. The van der Waals surface area contributed by atoms with Gasteiger partial charge in [-0.3, -0.25) is 0 Å². The van der Waals surface area contributed by atoms with E-state index in [1.807, 2.05) is 0 Å². The molecule has 2 rings (SSSR count). The van der Waals surface area contributed by atoms with Crippen molar-refractivity contribution >= 4 is 11.0 Å². The fourth-order valence-corrected chi connectivity index (χ4v) is 2.68. The summed E-state index contributed by atoms with van der Waals surface area (Å²) in [5.74, 6) is 0.976. The predicted octanol–water partition coefficient (Wildman–Crippen LogP) is 3.52. The van der Waals surface area contributed by atoms with Crippen LogP contribution in [0.4, 0.5) is 0 Å². The molecule has 21 heavy (non-hydrogen) atoms. The van der Waals surface area contributed by atoms with Crippen LogP contribution in [0.25, 0.3) is 11.0 Å². The minimum absolute atomic E-state index is 0.0662. The van der Waals surface area contributed by atoms with E-state index in [0.29, 0.717) is 6.54 Å². The van der Waals surface area contributed by atoms with Crippen LogP contribution >= 0.6 is 0 Å². The number of nitrogens with zero attached hydrogens (tertiary/aromatic N) is 2. The first-order valence-corrected chi connectivity index (χ1v) is 7.54. The van der Waals surface area contributed by atoms with Crippen molar-refractivity contribution in [1.82, 2.24) is 9.55 Å². The molecule has 1 atom stereocenters. The second kappa shape index (κ2) is 5.43. The van der Waals surface area contributed by atoms with Crippen molar-refractivity contribution in [3.05, 3.63) is 29.6 Å². The molecule has 0 aliphatic heterocycles. The van der Waals surface area contributed by atoms with Crippen LogP contribution in [0.3, 0.4) is 0 Å². The molecule has 4 nitrogen and oxygen atoms in total. The lowest BCUT2D eigenvalue weighted by Crippen LogP contribution is -2.33. The summed E-state index contributed by atoms with van der Waals surface area (Å²) >= 11 is 0. The van der Waals surface area contributed by atoms with Crippen LogP contribution in [0.2, 0.25) is 0 Å². The van der Waals surface area contributed by atoms with Gasteiger partial charge >= 0.3 is 0 Å². The second-order valence-electron chi connectivity index (χ2n) is 6.76. The van der Waals surface area contributed by atoms with Gasteiger partial charge < -0.3 is 15.0 Å². The standard InChI is InChI=1S/C17H27N3O/c1-7-17(5,21-6)15-19-13-10-12(11-18)8-9-14(13)20(15)16(2,3)4/h8-10H,7,11,18H2,1-6H3.